The zero-order valence-corrected chi connectivity index (χ0v) is 11.7. The Kier molecular flexibility index (Phi) is 3.85. The lowest BCUT2D eigenvalue weighted by molar-refractivity contribution is -0.384. The van der Waals surface area contributed by atoms with Crippen LogP contribution in [0.5, 0.6) is 0 Å². The summed E-state index contributed by atoms with van der Waals surface area (Å²) in [6, 6.07) is 6.20. The summed E-state index contributed by atoms with van der Waals surface area (Å²) in [5.74, 6) is 1.19. The van der Waals surface area contributed by atoms with Crippen LogP contribution >= 0.6 is 0 Å². The van der Waals surface area contributed by atoms with E-state index in [0.717, 1.165) is 5.56 Å². The van der Waals surface area contributed by atoms with Crippen molar-refractivity contribution >= 4 is 5.69 Å². The van der Waals surface area contributed by atoms with E-state index >= 15 is 0 Å². The molecule has 0 saturated carbocycles. The molecule has 1 N–H and O–H groups in total. The van der Waals surface area contributed by atoms with Crippen LogP contribution in [0.15, 0.2) is 34.9 Å². The first kappa shape index (κ1) is 14.2. The lowest BCUT2D eigenvalue weighted by Gasteiger charge is -2.18. The van der Waals surface area contributed by atoms with Crippen LogP contribution in [0, 0.1) is 10.1 Å². The number of nitrogens with zero attached hydrogens (tertiary/aromatic N) is 2. The van der Waals surface area contributed by atoms with Crippen LogP contribution in [0.25, 0.3) is 11.3 Å². The lowest BCUT2D eigenvalue weighted by Crippen LogP contribution is -2.35. The molecular formula is C14H17N3O3. The maximum Gasteiger partial charge on any atom is 0.269 e. The molecule has 2 rings (SSSR count). The summed E-state index contributed by atoms with van der Waals surface area (Å²) in [7, 11) is 0. The van der Waals surface area contributed by atoms with Gasteiger partial charge in [-0.2, -0.15) is 0 Å². The second kappa shape index (κ2) is 5.42. The predicted octanol–water partition coefficient (Wildman–Crippen LogP) is 3.14. The number of benzene rings is 1. The third-order valence-corrected chi connectivity index (χ3v) is 2.69. The van der Waals surface area contributed by atoms with Crippen molar-refractivity contribution in [3.63, 3.8) is 0 Å². The fraction of sp³-hybridized carbons (Fsp3) is 0.357. The molecular weight excluding hydrogens is 258 g/mol. The first-order chi connectivity index (χ1) is 9.35. The normalized spacial score (nSPS) is 11.6. The highest BCUT2D eigenvalue weighted by atomic mass is 16.6. The maximum atomic E-state index is 10.6. The Balaban J connectivity index is 2.10. The van der Waals surface area contributed by atoms with Crippen LogP contribution in [-0.2, 0) is 6.54 Å². The van der Waals surface area contributed by atoms with Crippen molar-refractivity contribution in [2.24, 2.45) is 0 Å². The quantitative estimate of drug-likeness (QED) is 0.684. The molecule has 0 atom stereocenters. The smallest absolute Gasteiger partial charge is 0.269 e. The summed E-state index contributed by atoms with van der Waals surface area (Å²) >= 11 is 0. The second-order valence-corrected chi connectivity index (χ2v) is 5.53. The molecule has 0 aliphatic heterocycles. The number of non-ortho nitro benzene ring substituents is 1. The molecule has 0 aliphatic rings. The monoisotopic (exact) mass is 275 g/mol. The molecule has 0 amide bonds. The molecule has 2 aromatic rings. The lowest BCUT2D eigenvalue weighted by atomic mass is 10.1. The van der Waals surface area contributed by atoms with Crippen molar-refractivity contribution in [3.05, 3.63) is 46.5 Å². The van der Waals surface area contributed by atoms with E-state index in [2.05, 4.69) is 31.1 Å². The van der Waals surface area contributed by atoms with Crippen molar-refractivity contribution < 1.29 is 9.34 Å². The van der Waals surface area contributed by atoms with Crippen LogP contribution in [-0.4, -0.2) is 15.4 Å². The van der Waals surface area contributed by atoms with Crippen molar-refractivity contribution in [1.29, 1.82) is 0 Å². The number of hydrogen-bond donors (Lipinski definition) is 1. The predicted molar refractivity (Wildman–Crippen MR) is 75.2 cm³/mol. The average molecular weight is 275 g/mol. The molecule has 0 spiro atoms. The van der Waals surface area contributed by atoms with E-state index < -0.39 is 4.92 Å². The average Bonchev–Trinajstić information content (AvgIpc) is 2.84. The van der Waals surface area contributed by atoms with Crippen LogP contribution < -0.4 is 5.32 Å². The topological polar surface area (TPSA) is 81.2 Å². The Morgan fingerprint density at radius 2 is 1.95 bits per heavy atom. The maximum absolute atomic E-state index is 10.6. The molecule has 0 aliphatic carbocycles. The fourth-order valence-electron chi connectivity index (χ4n) is 1.61. The molecule has 106 valence electrons. The zero-order chi connectivity index (χ0) is 14.8. The van der Waals surface area contributed by atoms with E-state index in [4.69, 9.17) is 4.42 Å². The van der Waals surface area contributed by atoms with Gasteiger partial charge in [0.05, 0.1) is 17.7 Å². The SMILES string of the molecule is CC(C)(C)NCc1ncc(-c2ccc([N+](=O)[O-])cc2)o1. The Bertz CT molecular complexity index is 597. The number of nitro groups is 1. The molecule has 1 heterocycles. The van der Waals surface area contributed by atoms with E-state index in [0.29, 0.717) is 18.2 Å². The fourth-order valence-corrected chi connectivity index (χ4v) is 1.61. The van der Waals surface area contributed by atoms with Gasteiger partial charge in [-0.15, -0.1) is 0 Å². The molecule has 0 unspecified atom stereocenters. The number of hydrogen-bond acceptors (Lipinski definition) is 5. The van der Waals surface area contributed by atoms with E-state index in [-0.39, 0.29) is 11.2 Å². The number of rotatable bonds is 4. The molecule has 20 heavy (non-hydrogen) atoms. The minimum atomic E-state index is -0.428. The standard InChI is InChI=1S/C14H17N3O3/c1-14(2,3)16-9-13-15-8-12(20-13)10-4-6-11(7-5-10)17(18)19/h4-8,16H,9H2,1-3H3. The minimum absolute atomic E-state index is 0.0119. The molecule has 6 nitrogen and oxygen atoms in total. The van der Waals surface area contributed by atoms with E-state index in [1.165, 1.54) is 12.1 Å². The Morgan fingerprint density at radius 1 is 1.30 bits per heavy atom. The van der Waals surface area contributed by atoms with Gasteiger partial charge in [-0.25, -0.2) is 4.98 Å². The van der Waals surface area contributed by atoms with Gasteiger partial charge in [0.2, 0.25) is 5.89 Å². The first-order valence-corrected chi connectivity index (χ1v) is 6.30. The van der Waals surface area contributed by atoms with Crippen LogP contribution in [0.4, 0.5) is 5.69 Å². The van der Waals surface area contributed by atoms with Crippen LogP contribution in [0.2, 0.25) is 0 Å². The van der Waals surface area contributed by atoms with Crippen LogP contribution in [0.1, 0.15) is 26.7 Å². The van der Waals surface area contributed by atoms with Gasteiger partial charge in [-0.05, 0) is 32.9 Å². The summed E-state index contributed by atoms with van der Waals surface area (Å²) in [4.78, 5) is 14.4. The third kappa shape index (κ3) is 3.64. The van der Waals surface area contributed by atoms with Gasteiger partial charge >= 0.3 is 0 Å². The van der Waals surface area contributed by atoms with Crippen molar-refractivity contribution in [3.8, 4) is 11.3 Å². The summed E-state index contributed by atoms with van der Waals surface area (Å²) < 4.78 is 5.62. The zero-order valence-electron chi connectivity index (χ0n) is 11.7. The Hall–Kier alpha value is -2.21. The number of aromatic nitrogens is 1. The Morgan fingerprint density at radius 3 is 2.50 bits per heavy atom. The van der Waals surface area contributed by atoms with E-state index in [1.807, 2.05) is 0 Å². The highest BCUT2D eigenvalue weighted by Gasteiger charge is 2.12. The highest BCUT2D eigenvalue weighted by Crippen LogP contribution is 2.23. The second-order valence-electron chi connectivity index (χ2n) is 5.53. The number of oxazole rings is 1. The largest absolute Gasteiger partial charge is 0.439 e. The van der Waals surface area contributed by atoms with E-state index in [9.17, 15) is 10.1 Å². The van der Waals surface area contributed by atoms with Crippen LogP contribution in [0.3, 0.4) is 0 Å². The molecule has 0 bridgehead atoms. The summed E-state index contributed by atoms with van der Waals surface area (Å²) in [5.41, 5.74) is 0.815. The van der Waals surface area contributed by atoms with Gasteiger partial charge in [0.15, 0.2) is 5.76 Å². The highest BCUT2D eigenvalue weighted by molar-refractivity contribution is 5.58. The summed E-state index contributed by atoms with van der Waals surface area (Å²) in [5, 5.41) is 13.9. The molecule has 0 radical (unpaired) electrons. The first-order valence-electron chi connectivity index (χ1n) is 6.30. The van der Waals surface area contributed by atoms with Gasteiger partial charge in [-0.1, -0.05) is 0 Å². The third-order valence-electron chi connectivity index (χ3n) is 2.69. The van der Waals surface area contributed by atoms with Gasteiger partial charge in [0.25, 0.3) is 5.69 Å². The summed E-state index contributed by atoms with van der Waals surface area (Å²) in [6.45, 7) is 6.73. The molecule has 0 fully saturated rings. The number of nitro benzene ring substituents is 1. The van der Waals surface area contributed by atoms with Crippen molar-refractivity contribution in [2.75, 3.05) is 0 Å². The van der Waals surface area contributed by atoms with Gasteiger partial charge < -0.3 is 9.73 Å². The molecule has 1 aromatic heterocycles. The summed E-state index contributed by atoms with van der Waals surface area (Å²) in [6.07, 6.45) is 1.63. The van der Waals surface area contributed by atoms with Gasteiger partial charge in [0.1, 0.15) is 0 Å². The molecule has 0 saturated heterocycles. The Labute approximate surface area is 117 Å². The van der Waals surface area contributed by atoms with Crippen molar-refractivity contribution in [1.82, 2.24) is 10.3 Å². The molecule has 1 aromatic carbocycles. The van der Waals surface area contributed by atoms with E-state index in [1.54, 1.807) is 18.3 Å². The van der Waals surface area contributed by atoms with Crippen molar-refractivity contribution in [2.45, 2.75) is 32.9 Å². The number of nitrogens with one attached hydrogen (secondary N) is 1. The van der Waals surface area contributed by atoms with Gasteiger partial charge in [-0.3, -0.25) is 10.1 Å². The minimum Gasteiger partial charge on any atom is -0.439 e. The van der Waals surface area contributed by atoms with Gasteiger partial charge in [0, 0.05) is 23.2 Å². The molecule has 6 heteroatoms.